The van der Waals surface area contributed by atoms with Gasteiger partial charge in [0.25, 0.3) is 0 Å². The summed E-state index contributed by atoms with van der Waals surface area (Å²) < 4.78 is 0. The number of nitrogen functional groups attached to an aromatic ring is 1. The van der Waals surface area contributed by atoms with Crippen molar-refractivity contribution in [3.05, 3.63) is 65.7 Å². The summed E-state index contributed by atoms with van der Waals surface area (Å²) in [6.07, 6.45) is 0. The minimum absolute atomic E-state index is 0.110. The highest BCUT2D eigenvalue weighted by Gasteiger charge is 2.11. The predicted molar refractivity (Wildman–Crippen MR) is 89.4 cm³/mol. The topological polar surface area (TPSA) is 50.9 Å². The van der Waals surface area contributed by atoms with Crippen LogP contribution >= 0.6 is 0 Å². The Morgan fingerprint density at radius 1 is 1.05 bits per heavy atom. The largest absolute Gasteiger partial charge is 0.398 e. The SMILES string of the molecule is Cc1cc2ccccc2nc1NC(C)c1ccccc1N. The molecule has 1 aromatic heterocycles. The zero-order chi connectivity index (χ0) is 14.8. The average molecular weight is 277 g/mol. The number of anilines is 2. The number of aryl methyl sites for hydroxylation is 1. The molecule has 0 amide bonds. The molecule has 0 aliphatic rings. The first kappa shape index (κ1) is 13.4. The van der Waals surface area contributed by atoms with Gasteiger partial charge in [0.2, 0.25) is 0 Å². The minimum Gasteiger partial charge on any atom is -0.398 e. The quantitative estimate of drug-likeness (QED) is 0.702. The molecule has 3 nitrogen and oxygen atoms in total. The maximum atomic E-state index is 6.04. The number of aromatic nitrogens is 1. The van der Waals surface area contributed by atoms with E-state index in [-0.39, 0.29) is 6.04 Å². The lowest BCUT2D eigenvalue weighted by molar-refractivity contribution is 0.877. The number of pyridine rings is 1. The average Bonchev–Trinajstić information content (AvgIpc) is 2.48. The molecule has 1 heterocycles. The lowest BCUT2D eigenvalue weighted by atomic mass is 10.1. The zero-order valence-electron chi connectivity index (χ0n) is 12.3. The van der Waals surface area contributed by atoms with E-state index < -0.39 is 0 Å². The van der Waals surface area contributed by atoms with Crippen LogP contribution in [0.3, 0.4) is 0 Å². The summed E-state index contributed by atoms with van der Waals surface area (Å²) >= 11 is 0. The molecule has 0 aliphatic carbocycles. The van der Waals surface area contributed by atoms with Crippen molar-refractivity contribution in [2.75, 3.05) is 11.1 Å². The Bertz CT molecular complexity index is 780. The molecule has 3 N–H and O–H groups in total. The second kappa shape index (κ2) is 5.44. The Kier molecular flexibility index (Phi) is 3.48. The molecular weight excluding hydrogens is 258 g/mol. The highest BCUT2D eigenvalue weighted by molar-refractivity contribution is 5.81. The standard InChI is InChI=1S/C18H19N3/c1-12-11-14-7-3-6-10-17(14)21-18(12)20-13(2)15-8-4-5-9-16(15)19/h3-11,13H,19H2,1-2H3,(H,20,21). The van der Waals surface area contributed by atoms with Crippen LogP contribution in [0.15, 0.2) is 54.6 Å². The van der Waals surface area contributed by atoms with Gasteiger partial charge in [0.1, 0.15) is 5.82 Å². The van der Waals surface area contributed by atoms with E-state index in [0.717, 1.165) is 33.5 Å². The molecule has 0 aliphatic heterocycles. The van der Waals surface area contributed by atoms with Crippen molar-refractivity contribution in [1.29, 1.82) is 0 Å². The van der Waals surface area contributed by atoms with Gasteiger partial charge in [-0.1, -0.05) is 36.4 Å². The van der Waals surface area contributed by atoms with Crippen molar-refractivity contribution < 1.29 is 0 Å². The molecule has 0 saturated carbocycles. The second-order valence-corrected chi connectivity index (χ2v) is 5.34. The molecule has 0 spiro atoms. The number of hydrogen-bond donors (Lipinski definition) is 2. The molecule has 3 heteroatoms. The summed E-state index contributed by atoms with van der Waals surface area (Å²) in [5.74, 6) is 0.907. The summed E-state index contributed by atoms with van der Waals surface area (Å²) in [7, 11) is 0. The number of rotatable bonds is 3. The number of nitrogens with zero attached hydrogens (tertiary/aromatic N) is 1. The monoisotopic (exact) mass is 277 g/mol. The summed E-state index contributed by atoms with van der Waals surface area (Å²) in [4.78, 5) is 4.72. The highest BCUT2D eigenvalue weighted by atomic mass is 15.0. The van der Waals surface area contributed by atoms with E-state index in [1.807, 2.05) is 42.5 Å². The summed E-state index contributed by atoms with van der Waals surface area (Å²) in [6.45, 7) is 4.17. The van der Waals surface area contributed by atoms with Gasteiger partial charge >= 0.3 is 0 Å². The lowest BCUT2D eigenvalue weighted by Crippen LogP contribution is -2.11. The fraction of sp³-hybridized carbons (Fsp3) is 0.167. The Labute approximate surface area is 124 Å². The third kappa shape index (κ3) is 2.68. The van der Waals surface area contributed by atoms with Gasteiger partial charge in [-0.15, -0.1) is 0 Å². The van der Waals surface area contributed by atoms with Gasteiger partial charge in [-0.2, -0.15) is 0 Å². The number of nitrogens with two attached hydrogens (primary N) is 1. The molecule has 0 fully saturated rings. The molecule has 1 atom stereocenters. The van der Waals surface area contributed by atoms with Gasteiger partial charge in [-0.05, 0) is 43.2 Å². The van der Waals surface area contributed by atoms with Gasteiger partial charge in [0.15, 0.2) is 0 Å². The van der Waals surface area contributed by atoms with E-state index in [9.17, 15) is 0 Å². The molecule has 3 rings (SSSR count). The Morgan fingerprint density at radius 3 is 2.57 bits per heavy atom. The van der Waals surface area contributed by atoms with Crippen LogP contribution in [0.2, 0.25) is 0 Å². The van der Waals surface area contributed by atoms with Gasteiger partial charge in [-0.25, -0.2) is 4.98 Å². The van der Waals surface area contributed by atoms with Crippen molar-refractivity contribution in [3.63, 3.8) is 0 Å². The van der Waals surface area contributed by atoms with Crippen LogP contribution in [0, 0.1) is 6.92 Å². The number of benzene rings is 2. The smallest absolute Gasteiger partial charge is 0.130 e. The van der Waals surface area contributed by atoms with Gasteiger partial charge in [0, 0.05) is 11.1 Å². The third-order valence-corrected chi connectivity index (χ3v) is 3.73. The van der Waals surface area contributed by atoms with E-state index in [2.05, 4.69) is 31.3 Å². The fourth-order valence-electron chi connectivity index (χ4n) is 2.56. The van der Waals surface area contributed by atoms with Gasteiger partial charge in [0.05, 0.1) is 11.6 Å². The van der Waals surface area contributed by atoms with Crippen molar-refractivity contribution in [3.8, 4) is 0 Å². The molecule has 0 bridgehead atoms. The van der Waals surface area contributed by atoms with Gasteiger partial charge < -0.3 is 11.1 Å². The maximum Gasteiger partial charge on any atom is 0.130 e. The lowest BCUT2D eigenvalue weighted by Gasteiger charge is -2.18. The van der Waals surface area contributed by atoms with Crippen LogP contribution in [0.4, 0.5) is 11.5 Å². The van der Waals surface area contributed by atoms with Crippen molar-refractivity contribution in [2.24, 2.45) is 0 Å². The van der Waals surface area contributed by atoms with Crippen LogP contribution < -0.4 is 11.1 Å². The van der Waals surface area contributed by atoms with E-state index >= 15 is 0 Å². The summed E-state index contributed by atoms with van der Waals surface area (Å²) in [5.41, 5.74) is 10.1. The normalized spacial score (nSPS) is 12.3. The first-order valence-corrected chi connectivity index (χ1v) is 7.12. The van der Waals surface area contributed by atoms with Crippen LogP contribution in [0.1, 0.15) is 24.1 Å². The molecule has 0 saturated heterocycles. The summed E-state index contributed by atoms with van der Waals surface area (Å²) in [5, 5.41) is 4.63. The second-order valence-electron chi connectivity index (χ2n) is 5.34. The third-order valence-electron chi connectivity index (χ3n) is 3.73. The molecule has 21 heavy (non-hydrogen) atoms. The maximum absolute atomic E-state index is 6.04. The van der Waals surface area contributed by atoms with Crippen molar-refractivity contribution >= 4 is 22.4 Å². The van der Waals surface area contributed by atoms with Crippen LogP contribution in [-0.2, 0) is 0 Å². The van der Waals surface area contributed by atoms with E-state index in [1.54, 1.807) is 0 Å². The van der Waals surface area contributed by atoms with Crippen molar-refractivity contribution in [1.82, 2.24) is 4.98 Å². The zero-order valence-corrected chi connectivity index (χ0v) is 12.3. The van der Waals surface area contributed by atoms with Crippen LogP contribution in [-0.4, -0.2) is 4.98 Å². The molecule has 1 unspecified atom stereocenters. The van der Waals surface area contributed by atoms with E-state index in [1.165, 1.54) is 0 Å². The number of fused-ring (bicyclic) bond motifs is 1. The Morgan fingerprint density at radius 2 is 1.76 bits per heavy atom. The Balaban J connectivity index is 1.94. The van der Waals surface area contributed by atoms with Gasteiger partial charge in [-0.3, -0.25) is 0 Å². The minimum atomic E-state index is 0.110. The van der Waals surface area contributed by atoms with E-state index in [4.69, 9.17) is 10.7 Å². The molecular formula is C18H19N3. The fourth-order valence-corrected chi connectivity index (χ4v) is 2.56. The summed E-state index contributed by atoms with van der Waals surface area (Å²) in [6, 6.07) is 18.3. The van der Waals surface area contributed by atoms with Crippen LogP contribution in [0.5, 0.6) is 0 Å². The van der Waals surface area contributed by atoms with Crippen molar-refractivity contribution in [2.45, 2.75) is 19.9 Å². The first-order chi connectivity index (χ1) is 10.1. The molecule has 106 valence electrons. The molecule has 0 radical (unpaired) electrons. The molecule has 3 aromatic rings. The van der Waals surface area contributed by atoms with E-state index in [0.29, 0.717) is 0 Å². The number of nitrogens with one attached hydrogen (secondary N) is 1. The van der Waals surface area contributed by atoms with Crippen LogP contribution in [0.25, 0.3) is 10.9 Å². The highest BCUT2D eigenvalue weighted by Crippen LogP contribution is 2.26. The number of para-hydroxylation sites is 2. The Hall–Kier alpha value is -2.55. The number of hydrogen-bond acceptors (Lipinski definition) is 3. The molecule has 2 aromatic carbocycles. The first-order valence-electron chi connectivity index (χ1n) is 7.12. The predicted octanol–water partition coefficient (Wildman–Crippen LogP) is 4.30.